The van der Waals surface area contributed by atoms with E-state index in [-0.39, 0.29) is 0 Å². The Morgan fingerprint density at radius 2 is 0.915 bits per heavy atom. The third kappa shape index (κ3) is 4.81. The summed E-state index contributed by atoms with van der Waals surface area (Å²) < 4.78 is 0. The predicted molar refractivity (Wildman–Crippen MR) is 194 cm³/mol. The van der Waals surface area contributed by atoms with Gasteiger partial charge in [-0.3, -0.25) is 0 Å². The average Bonchev–Trinajstić information content (AvgIpc) is 3.28. The van der Waals surface area contributed by atoms with Crippen LogP contribution >= 0.6 is 0 Å². The van der Waals surface area contributed by atoms with Gasteiger partial charge in [-0.15, -0.1) is 0 Å². The molecule has 0 fully saturated rings. The van der Waals surface area contributed by atoms with E-state index in [2.05, 4.69) is 140 Å². The van der Waals surface area contributed by atoms with Crippen LogP contribution in [-0.4, -0.2) is 15.0 Å². The van der Waals surface area contributed by atoms with Crippen molar-refractivity contribution in [3.05, 3.63) is 175 Å². The highest BCUT2D eigenvalue weighted by atomic mass is 15.0. The SMILES string of the molecule is C1=CC(c2ccc3c4c(cccc24)-c2ccccc2-3)=CC=C(c2nc(-c3ccccc3)nc(-c3ccc(-c4ccccc4)cc3)n2)C1. The molecule has 0 saturated heterocycles. The van der Waals surface area contributed by atoms with Crippen LogP contribution in [0.15, 0.2) is 164 Å². The van der Waals surface area contributed by atoms with E-state index in [9.17, 15) is 0 Å². The molecule has 2 aliphatic carbocycles. The summed E-state index contributed by atoms with van der Waals surface area (Å²) in [6.45, 7) is 0. The fourth-order valence-corrected chi connectivity index (χ4v) is 6.84. The van der Waals surface area contributed by atoms with Gasteiger partial charge in [0.05, 0.1) is 0 Å². The molecule has 0 N–H and O–H groups in total. The molecule has 3 heteroatoms. The Hall–Kier alpha value is -6.19. The van der Waals surface area contributed by atoms with Gasteiger partial charge in [0.2, 0.25) is 0 Å². The molecule has 0 amide bonds. The van der Waals surface area contributed by atoms with E-state index in [0.717, 1.165) is 28.7 Å². The molecule has 0 spiro atoms. The highest BCUT2D eigenvalue weighted by Crippen LogP contribution is 2.48. The van der Waals surface area contributed by atoms with Gasteiger partial charge in [0.15, 0.2) is 17.5 Å². The van der Waals surface area contributed by atoms with Crippen LogP contribution in [-0.2, 0) is 0 Å². The average molecular weight is 600 g/mol. The molecule has 0 saturated carbocycles. The lowest BCUT2D eigenvalue weighted by molar-refractivity contribution is 1.02. The molecule has 0 atom stereocenters. The molecule has 220 valence electrons. The van der Waals surface area contributed by atoms with Gasteiger partial charge in [-0.2, -0.15) is 0 Å². The quantitative estimate of drug-likeness (QED) is 0.198. The Bertz CT molecular complexity index is 2370. The zero-order valence-corrected chi connectivity index (χ0v) is 25.6. The maximum atomic E-state index is 5.05. The lowest BCUT2D eigenvalue weighted by atomic mass is 9.94. The minimum Gasteiger partial charge on any atom is -0.209 e. The summed E-state index contributed by atoms with van der Waals surface area (Å²) in [7, 11) is 0. The van der Waals surface area contributed by atoms with Gasteiger partial charge in [0.1, 0.15) is 0 Å². The minimum atomic E-state index is 0.666. The number of hydrogen-bond acceptors (Lipinski definition) is 3. The molecule has 2 aliphatic rings. The summed E-state index contributed by atoms with van der Waals surface area (Å²) in [6.07, 6.45) is 9.57. The lowest BCUT2D eigenvalue weighted by Gasteiger charge is -2.10. The number of rotatable bonds is 5. The van der Waals surface area contributed by atoms with Crippen LogP contribution in [0, 0.1) is 0 Å². The molecule has 7 aromatic rings. The standard InChI is InChI=1S/C44H29N3/c1-3-11-29(12-4-1)30-21-24-34(25-22-30)44-46-42(32-13-5-2-6-14-32)45-43(47-44)33-16-9-15-31(23-26-33)35-27-28-40-37-18-8-7-17-36(37)39-20-10-19-38(35)41(39)40/h1-15,17-28H,16H2. The first-order chi connectivity index (χ1) is 23.3. The maximum absolute atomic E-state index is 5.05. The molecule has 9 rings (SSSR count). The Morgan fingerprint density at radius 1 is 0.383 bits per heavy atom. The number of fused-ring (bicyclic) bond motifs is 3. The molecule has 0 radical (unpaired) electrons. The largest absolute Gasteiger partial charge is 0.209 e. The second-order valence-corrected chi connectivity index (χ2v) is 12.0. The summed E-state index contributed by atoms with van der Waals surface area (Å²) in [5.41, 5.74) is 13.0. The van der Waals surface area contributed by atoms with Crippen molar-refractivity contribution < 1.29 is 0 Å². The first-order valence-electron chi connectivity index (χ1n) is 16.0. The first-order valence-corrected chi connectivity index (χ1v) is 16.0. The summed E-state index contributed by atoms with van der Waals surface area (Å²) >= 11 is 0. The molecular weight excluding hydrogens is 571 g/mol. The topological polar surface area (TPSA) is 38.7 Å². The van der Waals surface area contributed by atoms with Gasteiger partial charge >= 0.3 is 0 Å². The minimum absolute atomic E-state index is 0.666. The van der Waals surface area contributed by atoms with E-state index in [1.165, 1.54) is 49.7 Å². The van der Waals surface area contributed by atoms with E-state index >= 15 is 0 Å². The van der Waals surface area contributed by atoms with Crippen LogP contribution in [0.5, 0.6) is 0 Å². The van der Waals surface area contributed by atoms with Crippen LogP contribution in [0.1, 0.15) is 17.8 Å². The Kier molecular flexibility index (Phi) is 6.53. The Labute approximate surface area is 274 Å². The summed E-state index contributed by atoms with van der Waals surface area (Å²) in [5, 5.41) is 2.61. The highest BCUT2D eigenvalue weighted by molar-refractivity contribution is 6.17. The van der Waals surface area contributed by atoms with Crippen LogP contribution in [0.25, 0.3) is 78.1 Å². The van der Waals surface area contributed by atoms with E-state index in [1.54, 1.807) is 0 Å². The normalized spacial score (nSPS) is 13.2. The van der Waals surface area contributed by atoms with Crippen molar-refractivity contribution in [3.63, 3.8) is 0 Å². The van der Waals surface area contributed by atoms with E-state index in [0.29, 0.717) is 17.5 Å². The van der Waals surface area contributed by atoms with Gasteiger partial charge in [0, 0.05) is 16.7 Å². The van der Waals surface area contributed by atoms with Gasteiger partial charge in [-0.05, 0) is 61.7 Å². The summed E-state index contributed by atoms with van der Waals surface area (Å²) in [5.74, 6) is 2.03. The predicted octanol–water partition coefficient (Wildman–Crippen LogP) is 11.1. The second-order valence-electron chi connectivity index (χ2n) is 12.0. The smallest absolute Gasteiger partial charge is 0.164 e. The first kappa shape index (κ1) is 27.1. The van der Waals surface area contributed by atoms with Crippen molar-refractivity contribution in [3.8, 4) is 56.2 Å². The molecule has 3 nitrogen and oxygen atoms in total. The van der Waals surface area contributed by atoms with Crippen LogP contribution < -0.4 is 0 Å². The lowest BCUT2D eigenvalue weighted by Crippen LogP contribution is -2.02. The number of hydrogen-bond donors (Lipinski definition) is 0. The van der Waals surface area contributed by atoms with Crippen molar-refractivity contribution in [2.24, 2.45) is 0 Å². The molecule has 0 unspecified atom stereocenters. The Morgan fingerprint density at radius 3 is 1.64 bits per heavy atom. The van der Waals surface area contributed by atoms with Crippen LogP contribution in [0.2, 0.25) is 0 Å². The van der Waals surface area contributed by atoms with E-state index in [4.69, 9.17) is 15.0 Å². The molecule has 0 bridgehead atoms. The molecule has 1 aromatic heterocycles. The third-order valence-electron chi connectivity index (χ3n) is 9.16. The molecule has 1 heterocycles. The fraction of sp³-hybridized carbons (Fsp3) is 0.0227. The van der Waals surface area contributed by atoms with E-state index < -0.39 is 0 Å². The maximum Gasteiger partial charge on any atom is 0.164 e. The van der Waals surface area contributed by atoms with Crippen molar-refractivity contribution in [2.45, 2.75) is 6.42 Å². The second kappa shape index (κ2) is 11.3. The van der Waals surface area contributed by atoms with Crippen LogP contribution in [0.4, 0.5) is 0 Å². The van der Waals surface area contributed by atoms with E-state index in [1.807, 2.05) is 24.3 Å². The zero-order valence-electron chi connectivity index (χ0n) is 25.6. The van der Waals surface area contributed by atoms with Crippen LogP contribution in [0.3, 0.4) is 0 Å². The monoisotopic (exact) mass is 599 g/mol. The number of nitrogens with zero attached hydrogens (tertiary/aromatic N) is 3. The molecule has 6 aromatic carbocycles. The summed E-state index contributed by atoms with van der Waals surface area (Å²) in [6, 6.07) is 49.0. The van der Waals surface area contributed by atoms with Crippen molar-refractivity contribution >= 4 is 21.9 Å². The molecule has 0 aliphatic heterocycles. The van der Waals surface area contributed by atoms with Gasteiger partial charge in [-0.1, -0.05) is 164 Å². The van der Waals surface area contributed by atoms with Crippen molar-refractivity contribution in [1.82, 2.24) is 15.0 Å². The van der Waals surface area contributed by atoms with Gasteiger partial charge in [0.25, 0.3) is 0 Å². The molecule has 47 heavy (non-hydrogen) atoms. The number of allylic oxidation sites excluding steroid dienone is 6. The number of benzene rings is 6. The van der Waals surface area contributed by atoms with Gasteiger partial charge < -0.3 is 0 Å². The Balaban J connectivity index is 1.13. The molecular formula is C44H29N3. The zero-order chi connectivity index (χ0) is 31.2. The highest BCUT2D eigenvalue weighted by Gasteiger charge is 2.22. The third-order valence-corrected chi connectivity index (χ3v) is 9.16. The summed E-state index contributed by atoms with van der Waals surface area (Å²) in [4.78, 5) is 15.0. The number of aromatic nitrogens is 3. The van der Waals surface area contributed by atoms with Crippen molar-refractivity contribution in [1.29, 1.82) is 0 Å². The van der Waals surface area contributed by atoms with Crippen molar-refractivity contribution in [2.75, 3.05) is 0 Å². The fourth-order valence-electron chi connectivity index (χ4n) is 6.84. The van der Waals surface area contributed by atoms with Gasteiger partial charge in [-0.25, -0.2) is 15.0 Å².